The van der Waals surface area contributed by atoms with Crippen molar-refractivity contribution in [3.63, 3.8) is 0 Å². The molecule has 1 saturated heterocycles. The second kappa shape index (κ2) is 6.73. The van der Waals surface area contributed by atoms with Crippen molar-refractivity contribution in [2.24, 2.45) is 5.92 Å². The van der Waals surface area contributed by atoms with Crippen LogP contribution in [0.5, 0.6) is 0 Å². The molecule has 0 N–H and O–H groups in total. The lowest BCUT2D eigenvalue weighted by molar-refractivity contribution is -0.133. The first-order chi connectivity index (χ1) is 11.1. The minimum absolute atomic E-state index is 0.00945. The Morgan fingerprint density at radius 3 is 2.78 bits per heavy atom. The van der Waals surface area contributed by atoms with Gasteiger partial charge in [0.1, 0.15) is 6.54 Å². The molecule has 0 aliphatic carbocycles. The van der Waals surface area contributed by atoms with Gasteiger partial charge in [-0.2, -0.15) is 5.10 Å². The zero-order valence-electron chi connectivity index (χ0n) is 13.2. The summed E-state index contributed by atoms with van der Waals surface area (Å²) in [6, 6.07) is 6.77. The van der Waals surface area contributed by atoms with Crippen LogP contribution in [0.2, 0.25) is 0 Å². The molecule has 1 fully saturated rings. The quantitative estimate of drug-likeness (QED) is 0.862. The van der Waals surface area contributed by atoms with Gasteiger partial charge < -0.3 is 4.90 Å². The maximum absolute atomic E-state index is 12.4. The molecule has 3 rings (SSSR count). The Balaban J connectivity index is 1.80. The Hall–Kier alpha value is -2.50. The standard InChI is InChI=1S/C17H20N4O2/c1-13-3-2-10-20(11-13)17(23)12-21-16(22)5-4-15(19-21)14-6-8-18-9-7-14/h4-9,13H,2-3,10-12H2,1H3. The fourth-order valence-electron chi connectivity index (χ4n) is 2.88. The summed E-state index contributed by atoms with van der Waals surface area (Å²) in [4.78, 5) is 30.2. The third kappa shape index (κ3) is 3.64. The van der Waals surface area contributed by atoms with Crippen LogP contribution >= 0.6 is 0 Å². The fourth-order valence-corrected chi connectivity index (χ4v) is 2.88. The van der Waals surface area contributed by atoms with Crippen molar-refractivity contribution >= 4 is 5.91 Å². The highest BCUT2D eigenvalue weighted by Crippen LogP contribution is 2.16. The second-order valence-corrected chi connectivity index (χ2v) is 6.04. The molecule has 6 heteroatoms. The van der Waals surface area contributed by atoms with E-state index in [1.807, 2.05) is 17.0 Å². The summed E-state index contributed by atoms with van der Waals surface area (Å²) in [6.07, 6.45) is 5.52. The molecule has 0 spiro atoms. The molecule has 2 aromatic rings. The van der Waals surface area contributed by atoms with E-state index < -0.39 is 0 Å². The average molecular weight is 312 g/mol. The molecule has 3 heterocycles. The predicted octanol–water partition coefficient (Wildman–Crippen LogP) is 1.56. The fraction of sp³-hybridized carbons (Fsp3) is 0.412. The number of aromatic nitrogens is 3. The minimum Gasteiger partial charge on any atom is -0.341 e. The van der Waals surface area contributed by atoms with E-state index in [1.165, 1.54) is 10.7 Å². The van der Waals surface area contributed by atoms with Gasteiger partial charge in [-0.05, 0) is 37.0 Å². The van der Waals surface area contributed by atoms with Crippen LogP contribution in [-0.2, 0) is 11.3 Å². The lowest BCUT2D eigenvalue weighted by atomic mass is 10.0. The van der Waals surface area contributed by atoms with Crippen molar-refractivity contribution in [2.75, 3.05) is 13.1 Å². The smallest absolute Gasteiger partial charge is 0.267 e. The molecule has 1 aliphatic heterocycles. The number of carbonyl (C=O) groups excluding carboxylic acids is 1. The highest BCUT2D eigenvalue weighted by molar-refractivity contribution is 5.76. The van der Waals surface area contributed by atoms with Crippen LogP contribution in [0.1, 0.15) is 19.8 Å². The Kier molecular flexibility index (Phi) is 4.50. The second-order valence-electron chi connectivity index (χ2n) is 6.04. The lowest BCUT2D eigenvalue weighted by Gasteiger charge is -2.31. The van der Waals surface area contributed by atoms with E-state index in [0.717, 1.165) is 31.5 Å². The molecule has 2 aromatic heterocycles. The van der Waals surface area contributed by atoms with E-state index in [-0.39, 0.29) is 18.0 Å². The summed E-state index contributed by atoms with van der Waals surface area (Å²) in [5.41, 5.74) is 1.26. The van der Waals surface area contributed by atoms with E-state index in [2.05, 4.69) is 17.0 Å². The van der Waals surface area contributed by atoms with Crippen molar-refractivity contribution in [1.82, 2.24) is 19.7 Å². The molecule has 0 radical (unpaired) electrons. The van der Waals surface area contributed by atoms with E-state index in [0.29, 0.717) is 11.6 Å². The molecule has 1 unspecified atom stereocenters. The molecule has 120 valence electrons. The number of hydrogen-bond acceptors (Lipinski definition) is 4. The Labute approximate surface area is 134 Å². The summed E-state index contributed by atoms with van der Waals surface area (Å²) >= 11 is 0. The van der Waals surface area contributed by atoms with Crippen LogP contribution in [0.3, 0.4) is 0 Å². The number of nitrogens with zero attached hydrogens (tertiary/aromatic N) is 4. The SMILES string of the molecule is CC1CCCN(C(=O)Cn2nc(-c3ccncc3)ccc2=O)C1. The number of amides is 1. The molecule has 6 nitrogen and oxygen atoms in total. The molecule has 1 aliphatic rings. The van der Waals surface area contributed by atoms with Gasteiger partial charge >= 0.3 is 0 Å². The zero-order chi connectivity index (χ0) is 16.2. The van der Waals surface area contributed by atoms with E-state index >= 15 is 0 Å². The maximum Gasteiger partial charge on any atom is 0.267 e. The summed E-state index contributed by atoms with van der Waals surface area (Å²) in [5.74, 6) is 0.471. The van der Waals surface area contributed by atoms with Gasteiger partial charge in [0.2, 0.25) is 5.91 Å². The van der Waals surface area contributed by atoms with Crippen LogP contribution < -0.4 is 5.56 Å². The summed E-state index contributed by atoms with van der Waals surface area (Å²) in [7, 11) is 0. The minimum atomic E-state index is -0.263. The van der Waals surface area contributed by atoms with Crippen LogP contribution in [0, 0.1) is 5.92 Å². The Morgan fingerprint density at radius 2 is 2.04 bits per heavy atom. The van der Waals surface area contributed by atoms with Gasteiger partial charge in [-0.25, -0.2) is 4.68 Å². The van der Waals surface area contributed by atoms with Crippen LogP contribution in [-0.4, -0.2) is 38.7 Å². The summed E-state index contributed by atoms with van der Waals surface area (Å²) < 4.78 is 1.25. The first kappa shape index (κ1) is 15.4. The van der Waals surface area contributed by atoms with Gasteiger partial charge in [0.15, 0.2) is 0 Å². The predicted molar refractivity (Wildman–Crippen MR) is 86.7 cm³/mol. The summed E-state index contributed by atoms with van der Waals surface area (Å²) in [6.45, 7) is 3.66. The molecule has 23 heavy (non-hydrogen) atoms. The number of piperidine rings is 1. The Bertz CT molecular complexity index is 742. The van der Waals surface area contributed by atoms with Crippen molar-refractivity contribution in [3.05, 3.63) is 47.0 Å². The molecule has 1 amide bonds. The molecule has 0 aromatic carbocycles. The highest BCUT2D eigenvalue weighted by atomic mass is 16.2. The first-order valence-electron chi connectivity index (χ1n) is 7.90. The van der Waals surface area contributed by atoms with Crippen molar-refractivity contribution < 1.29 is 4.79 Å². The monoisotopic (exact) mass is 312 g/mol. The van der Waals surface area contributed by atoms with Crippen molar-refractivity contribution in [1.29, 1.82) is 0 Å². The molecule has 0 bridgehead atoms. The molecule has 1 atom stereocenters. The first-order valence-corrected chi connectivity index (χ1v) is 7.90. The van der Waals surface area contributed by atoms with E-state index in [9.17, 15) is 9.59 Å². The number of pyridine rings is 1. The van der Waals surface area contributed by atoms with Gasteiger partial charge in [0.25, 0.3) is 5.56 Å². The van der Waals surface area contributed by atoms with Crippen molar-refractivity contribution in [3.8, 4) is 11.3 Å². The Morgan fingerprint density at radius 1 is 1.26 bits per heavy atom. The van der Waals surface area contributed by atoms with Gasteiger partial charge in [-0.15, -0.1) is 0 Å². The maximum atomic E-state index is 12.4. The topological polar surface area (TPSA) is 68.1 Å². The van der Waals surface area contributed by atoms with Gasteiger partial charge in [0, 0.05) is 37.1 Å². The van der Waals surface area contributed by atoms with E-state index in [4.69, 9.17) is 0 Å². The average Bonchev–Trinajstić information content (AvgIpc) is 2.57. The number of likely N-dealkylation sites (tertiary alicyclic amines) is 1. The highest BCUT2D eigenvalue weighted by Gasteiger charge is 2.21. The molecular weight excluding hydrogens is 292 g/mol. The third-order valence-electron chi connectivity index (χ3n) is 4.14. The largest absolute Gasteiger partial charge is 0.341 e. The molecular formula is C17H20N4O2. The van der Waals surface area contributed by atoms with Crippen LogP contribution in [0.4, 0.5) is 0 Å². The number of hydrogen-bond donors (Lipinski definition) is 0. The third-order valence-corrected chi connectivity index (χ3v) is 4.14. The van der Waals surface area contributed by atoms with Crippen molar-refractivity contribution in [2.45, 2.75) is 26.3 Å². The summed E-state index contributed by atoms with van der Waals surface area (Å²) in [5, 5.41) is 4.33. The normalized spacial score (nSPS) is 18.0. The van der Waals surface area contributed by atoms with Gasteiger partial charge in [0.05, 0.1) is 5.69 Å². The van der Waals surface area contributed by atoms with Crippen LogP contribution in [0.15, 0.2) is 41.5 Å². The number of rotatable bonds is 3. The van der Waals surface area contributed by atoms with E-state index in [1.54, 1.807) is 18.5 Å². The van der Waals surface area contributed by atoms with Crippen LogP contribution in [0.25, 0.3) is 11.3 Å². The number of carbonyl (C=O) groups is 1. The van der Waals surface area contributed by atoms with Gasteiger partial charge in [-0.1, -0.05) is 6.92 Å². The molecule has 0 saturated carbocycles. The zero-order valence-corrected chi connectivity index (χ0v) is 13.2. The lowest BCUT2D eigenvalue weighted by Crippen LogP contribution is -2.42. The van der Waals surface area contributed by atoms with Gasteiger partial charge in [-0.3, -0.25) is 14.6 Å².